The van der Waals surface area contributed by atoms with E-state index in [-0.39, 0.29) is 12.6 Å². The zero-order valence-corrected chi connectivity index (χ0v) is 14.3. The number of carbonyl (C=O) groups excluding carboxylic acids is 1. The Kier molecular flexibility index (Phi) is 5.88. The minimum atomic E-state index is -0.902. The third-order valence-electron chi connectivity index (χ3n) is 3.92. The molecule has 23 heavy (non-hydrogen) atoms. The van der Waals surface area contributed by atoms with Crippen molar-refractivity contribution in [3.8, 4) is 5.75 Å². The van der Waals surface area contributed by atoms with E-state index in [1.54, 1.807) is 20.9 Å². The van der Waals surface area contributed by atoms with E-state index < -0.39 is 5.60 Å². The van der Waals surface area contributed by atoms with Gasteiger partial charge in [0, 0.05) is 13.6 Å². The molecule has 0 aliphatic heterocycles. The lowest BCUT2D eigenvalue weighted by Gasteiger charge is -2.25. The van der Waals surface area contributed by atoms with Crippen molar-refractivity contribution in [2.75, 3.05) is 13.6 Å². The van der Waals surface area contributed by atoms with E-state index >= 15 is 0 Å². The molecule has 1 aliphatic carbocycles. The van der Waals surface area contributed by atoms with E-state index in [4.69, 9.17) is 4.74 Å². The molecule has 0 radical (unpaired) electrons. The van der Waals surface area contributed by atoms with Crippen LogP contribution in [0.1, 0.15) is 45.1 Å². The van der Waals surface area contributed by atoms with Crippen LogP contribution in [0.5, 0.6) is 5.75 Å². The van der Waals surface area contributed by atoms with Crippen LogP contribution in [0.15, 0.2) is 24.3 Å². The molecule has 0 unspecified atom stereocenters. The average Bonchev–Trinajstić information content (AvgIpc) is 2.96. The SMILES string of the molecule is CN(CC(C)(C)O)C(=O)NCc1cccc(OC2CCCC2)c1. The fourth-order valence-corrected chi connectivity index (χ4v) is 2.89. The summed E-state index contributed by atoms with van der Waals surface area (Å²) in [5.74, 6) is 0.869. The van der Waals surface area contributed by atoms with Gasteiger partial charge in [0.15, 0.2) is 0 Å². The van der Waals surface area contributed by atoms with Gasteiger partial charge in [-0.3, -0.25) is 0 Å². The van der Waals surface area contributed by atoms with E-state index in [0.717, 1.165) is 24.2 Å². The highest BCUT2D eigenvalue weighted by atomic mass is 16.5. The van der Waals surface area contributed by atoms with Crippen molar-refractivity contribution in [1.82, 2.24) is 10.2 Å². The molecule has 0 heterocycles. The second-order valence-electron chi connectivity index (χ2n) is 7.00. The highest BCUT2D eigenvalue weighted by Crippen LogP contribution is 2.24. The van der Waals surface area contributed by atoms with Gasteiger partial charge in [-0.15, -0.1) is 0 Å². The highest BCUT2D eigenvalue weighted by molar-refractivity contribution is 5.73. The lowest BCUT2D eigenvalue weighted by atomic mass is 10.1. The highest BCUT2D eigenvalue weighted by Gasteiger charge is 2.19. The van der Waals surface area contributed by atoms with Crippen molar-refractivity contribution in [3.05, 3.63) is 29.8 Å². The summed E-state index contributed by atoms with van der Waals surface area (Å²) in [6.45, 7) is 4.09. The van der Waals surface area contributed by atoms with Gasteiger partial charge in [0.05, 0.1) is 18.2 Å². The topological polar surface area (TPSA) is 61.8 Å². The number of rotatable bonds is 6. The van der Waals surface area contributed by atoms with Gasteiger partial charge in [0.25, 0.3) is 0 Å². The third-order valence-corrected chi connectivity index (χ3v) is 3.92. The second-order valence-corrected chi connectivity index (χ2v) is 7.00. The Labute approximate surface area is 138 Å². The summed E-state index contributed by atoms with van der Waals surface area (Å²) >= 11 is 0. The van der Waals surface area contributed by atoms with Crippen molar-refractivity contribution in [3.63, 3.8) is 0 Å². The Morgan fingerprint density at radius 1 is 1.39 bits per heavy atom. The number of nitrogens with one attached hydrogen (secondary N) is 1. The van der Waals surface area contributed by atoms with Gasteiger partial charge >= 0.3 is 6.03 Å². The molecule has 5 nitrogen and oxygen atoms in total. The summed E-state index contributed by atoms with van der Waals surface area (Å²) in [7, 11) is 1.67. The first kappa shape index (κ1) is 17.6. The molecule has 128 valence electrons. The van der Waals surface area contributed by atoms with Crippen molar-refractivity contribution in [1.29, 1.82) is 0 Å². The molecule has 2 amide bonds. The number of ether oxygens (including phenoxy) is 1. The molecule has 1 aliphatic rings. The van der Waals surface area contributed by atoms with Gasteiger partial charge in [-0.1, -0.05) is 12.1 Å². The van der Waals surface area contributed by atoms with Crippen LogP contribution in [-0.2, 0) is 6.54 Å². The average molecular weight is 320 g/mol. The van der Waals surface area contributed by atoms with Gasteiger partial charge in [-0.25, -0.2) is 4.79 Å². The molecular weight excluding hydrogens is 292 g/mol. The summed E-state index contributed by atoms with van der Waals surface area (Å²) in [5.41, 5.74) is 0.103. The van der Waals surface area contributed by atoms with E-state index in [1.807, 2.05) is 24.3 Å². The first-order valence-electron chi connectivity index (χ1n) is 8.30. The van der Waals surface area contributed by atoms with Crippen LogP contribution < -0.4 is 10.1 Å². The summed E-state index contributed by atoms with van der Waals surface area (Å²) in [6.07, 6.45) is 5.07. The number of nitrogens with zero attached hydrogens (tertiary/aromatic N) is 1. The Hall–Kier alpha value is -1.75. The molecule has 0 aromatic heterocycles. The molecule has 1 aromatic rings. The van der Waals surface area contributed by atoms with Crippen molar-refractivity contribution >= 4 is 6.03 Å². The molecule has 1 saturated carbocycles. The molecule has 1 fully saturated rings. The first-order valence-corrected chi connectivity index (χ1v) is 8.30. The lowest BCUT2D eigenvalue weighted by Crippen LogP contribution is -2.44. The van der Waals surface area contributed by atoms with Gasteiger partial charge < -0.3 is 20.1 Å². The Morgan fingerprint density at radius 2 is 2.09 bits per heavy atom. The predicted octanol–water partition coefficient (Wildman–Crippen LogP) is 2.92. The van der Waals surface area contributed by atoms with E-state index in [0.29, 0.717) is 12.6 Å². The van der Waals surface area contributed by atoms with Gasteiger partial charge in [0.1, 0.15) is 5.75 Å². The van der Waals surface area contributed by atoms with Gasteiger partial charge in [0.2, 0.25) is 0 Å². The number of likely N-dealkylation sites (N-methyl/N-ethyl adjacent to an activating group) is 1. The van der Waals surface area contributed by atoms with Crippen LogP contribution in [0.3, 0.4) is 0 Å². The Bertz CT molecular complexity index is 519. The summed E-state index contributed by atoms with van der Waals surface area (Å²) in [4.78, 5) is 13.5. The Morgan fingerprint density at radius 3 is 2.74 bits per heavy atom. The monoisotopic (exact) mass is 320 g/mol. The van der Waals surface area contributed by atoms with Crippen LogP contribution in [0.2, 0.25) is 0 Å². The molecule has 0 bridgehead atoms. The summed E-state index contributed by atoms with van der Waals surface area (Å²) in [6, 6.07) is 7.66. The number of hydrogen-bond acceptors (Lipinski definition) is 3. The van der Waals surface area contributed by atoms with Crippen molar-refractivity contribution in [2.24, 2.45) is 0 Å². The fraction of sp³-hybridized carbons (Fsp3) is 0.611. The summed E-state index contributed by atoms with van der Waals surface area (Å²) in [5, 5.41) is 12.6. The van der Waals surface area contributed by atoms with Crippen LogP contribution >= 0.6 is 0 Å². The maximum absolute atomic E-state index is 12.0. The Balaban J connectivity index is 1.84. The molecular formula is C18H28N2O3. The van der Waals surface area contributed by atoms with E-state index in [2.05, 4.69) is 5.32 Å². The fourth-order valence-electron chi connectivity index (χ4n) is 2.89. The van der Waals surface area contributed by atoms with Gasteiger partial charge in [-0.05, 0) is 57.2 Å². The van der Waals surface area contributed by atoms with Crippen LogP contribution in [-0.4, -0.2) is 41.3 Å². The minimum absolute atomic E-state index is 0.200. The van der Waals surface area contributed by atoms with Crippen LogP contribution in [0.25, 0.3) is 0 Å². The molecule has 1 aromatic carbocycles. The zero-order chi connectivity index (χ0) is 16.9. The molecule has 2 N–H and O–H groups in total. The van der Waals surface area contributed by atoms with E-state index in [1.165, 1.54) is 17.7 Å². The molecule has 0 spiro atoms. The molecule has 0 saturated heterocycles. The number of aliphatic hydroxyl groups is 1. The van der Waals surface area contributed by atoms with Gasteiger partial charge in [-0.2, -0.15) is 0 Å². The standard InChI is InChI=1S/C18H28N2O3/c1-18(2,22)13-20(3)17(21)19-12-14-7-6-10-16(11-14)23-15-8-4-5-9-15/h6-7,10-11,15,22H,4-5,8-9,12-13H2,1-3H3,(H,19,21). The van der Waals surface area contributed by atoms with Crippen LogP contribution in [0, 0.1) is 0 Å². The van der Waals surface area contributed by atoms with Crippen molar-refractivity contribution < 1.29 is 14.6 Å². The third kappa shape index (κ3) is 6.10. The van der Waals surface area contributed by atoms with E-state index in [9.17, 15) is 9.90 Å². The predicted molar refractivity (Wildman–Crippen MR) is 90.5 cm³/mol. The maximum Gasteiger partial charge on any atom is 0.317 e. The van der Waals surface area contributed by atoms with Crippen molar-refractivity contribution in [2.45, 2.75) is 57.8 Å². The number of urea groups is 1. The second kappa shape index (κ2) is 7.68. The normalized spacial score (nSPS) is 15.5. The molecule has 0 atom stereocenters. The largest absolute Gasteiger partial charge is 0.490 e. The lowest BCUT2D eigenvalue weighted by molar-refractivity contribution is 0.0531. The number of benzene rings is 1. The first-order chi connectivity index (χ1) is 10.8. The van der Waals surface area contributed by atoms with Crippen LogP contribution in [0.4, 0.5) is 4.79 Å². The number of hydrogen-bond donors (Lipinski definition) is 2. The number of carbonyl (C=O) groups is 1. The summed E-state index contributed by atoms with van der Waals surface area (Å²) < 4.78 is 5.98. The minimum Gasteiger partial charge on any atom is -0.490 e. The maximum atomic E-state index is 12.0. The zero-order valence-electron chi connectivity index (χ0n) is 14.3. The molecule has 5 heteroatoms. The molecule has 2 rings (SSSR count). The number of amides is 2. The smallest absolute Gasteiger partial charge is 0.317 e. The quantitative estimate of drug-likeness (QED) is 0.847.